The summed E-state index contributed by atoms with van der Waals surface area (Å²) in [6.45, 7) is -0.425. The lowest BCUT2D eigenvalue weighted by Gasteiger charge is -2.24. The van der Waals surface area contributed by atoms with Crippen molar-refractivity contribution in [3.8, 4) is 17.2 Å². The maximum Gasteiger partial charge on any atom is 0.264 e. The van der Waals surface area contributed by atoms with Crippen molar-refractivity contribution in [2.45, 2.75) is 11.4 Å². The molecule has 0 saturated heterocycles. The van der Waals surface area contributed by atoms with Gasteiger partial charge in [-0.25, -0.2) is 12.8 Å². The summed E-state index contributed by atoms with van der Waals surface area (Å²) in [5, 5.41) is 2.70. The van der Waals surface area contributed by atoms with Gasteiger partial charge >= 0.3 is 0 Å². The molecule has 34 heavy (non-hydrogen) atoms. The molecule has 3 aromatic rings. The number of nitrogens with one attached hydrogen (secondary N) is 1. The largest absolute Gasteiger partial charge is 0.493 e. The van der Waals surface area contributed by atoms with Crippen molar-refractivity contribution in [1.82, 2.24) is 5.32 Å². The van der Waals surface area contributed by atoms with Gasteiger partial charge in [-0.3, -0.25) is 9.10 Å². The highest BCUT2D eigenvalue weighted by molar-refractivity contribution is 7.92. The first kappa shape index (κ1) is 24.8. The Kier molecular flexibility index (Phi) is 7.95. The van der Waals surface area contributed by atoms with Crippen LogP contribution in [0.3, 0.4) is 0 Å². The van der Waals surface area contributed by atoms with E-state index < -0.39 is 28.3 Å². The van der Waals surface area contributed by atoms with E-state index in [1.165, 1.54) is 45.6 Å². The number of methoxy groups -OCH3 is 3. The number of hydrogen-bond acceptors (Lipinski definition) is 6. The monoisotopic (exact) mass is 488 g/mol. The summed E-state index contributed by atoms with van der Waals surface area (Å²) in [4.78, 5) is 12.8. The lowest BCUT2D eigenvalue weighted by Crippen LogP contribution is -2.40. The average Bonchev–Trinajstić information content (AvgIpc) is 2.86. The Morgan fingerprint density at radius 3 is 2.03 bits per heavy atom. The van der Waals surface area contributed by atoms with Crippen LogP contribution >= 0.6 is 0 Å². The van der Waals surface area contributed by atoms with E-state index in [-0.39, 0.29) is 17.1 Å². The first-order valence-electron chi connectivity index (χ1n) is 10.2. The van der Waals surface area contributed by atoms with Crippen molar-refractivity contribution in [3.05, 3.63) is 78.1 Å². The molecular weight excluding hydrogens is 463 g/mol. The van der Waals surface area contributed by atoms with E-state index in [2.05, 4.69) is 5.32 Å². The summed E-state index contributed by atoms with van der Waals surface area (Å²) in [5.41, 5.74) is 0.815. The van der Waals surface area contributed by atoms with Crippen LogP contribution in [0.15, 0.2) is 71.6 Å². The fourth-order valence-corrected chi connectivity index (χ4v) is 4.71. The van der Waals surface area contributed by atoms with Gasteiger partial charge in [0.2, 0.25) is 11.7 Å². The van der Waals surface area contributed by atoms with Crippen LogP contribution in [0.4, 0.5) is 10.1 Å². The Morgan fingerprint density at radius 2 is 1.50 bits per heavy atom. The summed E-state index contributed by atoms with van der Waals surface area (Å²) in [7, 11) is 0.365. The predicted octanol–water partition coefficient (Wildman–Crippen LogP) is 3.36. The number of ether oxygens (including phenoxy) is 3. The molecule has 0 spiro atoms. The minimum absolute atomic E-state index is 0.0109. The van der Waals surface area contributed by atoms with Gasteiger partial charge in [-0.2, -0.15) is 0 Å². The highest BCUT2D eigenvalue weighted by Gasteiger charge is 2.27. The smallest absolute Gasteiger partial charge is 0.264 e. The standard InChI is InChI=1S/C24H25FN2O6S/c1-31-21-13-17(14-22(32-2)24(21)33-3)15-26-23(28)16-27(19-11-9-18(25)10-12-19)34(29,30)20-7-5-4-6-8-20/h4-14H,15-16H2,1-3H3,(H,26,28). The lowest BCUT2D eigenvalue weighted by atomic mass is 10.1. The molecule has 0 atom stereocenters. The van der Waals surface area contributed by atoms with Crippen LogP contribution in [0.2, 0.25) is 0 Å². The van der Waals surface area contributed by atoms with Crippen molar-refractivity contribution in [2.75, 3.05) is 32.2 Å². The molecule has 8 nitrogen and oxygen atoms in total. The Morgan fingerprint density at radius 1 is 0.912 bits per heavy atom. The van der Waals surface area contributed by atoms with Gasteiger partial charge in [0.15, 0.2) is 11.5 Å². The molecule has 0 heterocycles. The molecule has 0 bridgehead atoms. The number of halogens is 1. The zero-order chi connectivity index (χ0) is 24.7. The Balaban J connectivity index is 1.84. The van der Waals surface area contributed by atoms with Crippen molar-refractivity contribution >= 4 is 21.6 Å². The van der Waals surface area contributed by atoms with Gasteiger partial charge in [0.05, 0.1) is 31.9 Å². The molecule has 0 aliphatic carbocycles. The molecule has 3 aromatic carbocycles. The quantitative estimate of drug-likeness (QED) is 0.470. The Bertz CT molecular complexity index is 1210. The third-order valence-corrected chi connectivity index (χ3v) is 6.74. The second kappa shape index (κ2) is 10.9. The number of sulfonamides is 1. The van der Waals surface area contributed by atoms with Gasteiger partial charge < -0.3 is 19.5 Å². The number of amides is 1. The first-order chi connectivity index (χ1) is 16.3. The molecule has 1 N–H and O–H groups in total. The highest BCUT2D eigenvalue weighted by Crippen LogP contribution is 2.38. The predicted molar refractivity (Wildman–Crippen MR) is 125 cm³/mol. The summed E-state index contributed by atoms with van der Waals surface area (Å²) >= 11 is 0. The Hall–Kier alpha value is -3.79. The van der Waals surface area contributed by atoms with Gasteiger partial charge in [-0.1, -0.05) is 18.2 Å². The molecule has 0 saturated carbocycles. The maximum absolute atomic E-state index is 13.4. The summed E-state index contributed by atoms with van der Waals surface area (Å²) in [6, 6.07) is 16.0. The molecule has 0 aromatic heterocycles. The number of carbonyl (C=O) groups is 1. The number of nitrogens with zero attached hydrogens (tertiary/aromatic N) is 1. The number of hydrogen-bond donors (Lipinski definition) is 1. The van der Waals surface area contributed by atoms with E-state index in [0.717, 1.165) is 16.4 Å². The number of rotatable bonds is 10. The summed E-state index contributed by atoms with van der Waals surface area (Å²) in [6.07, 6.45) is 0. The molecule has 180 valence electrons. The fourth-order valence-electron chi connectivity index (χ4n) is 3.27. The van der Waals surface area contributed by atoms with Crippen LogP contribution in [-0.4, -0.2) is 42.2 Å². The van der Waals surface area contributed by atoms with Gasteiger partial charge in [0, 0.05) is 6.54 Å². The third kappa shape index (κ3) is 5.57. The normalized spacial score (nSPS) is 10.9. The summed E-state index contributed by atoms with van der Waals surface area (Å²) < 4.78 is 56.8. The lowest BCUT2D eigenvalue weighted by molar-refractivity contribution is -0.119. The molecule has 0 radical (unpaired) electrons. The van der Waals surface area contributed by atoms with E-state index >= 15 is 0 Å². The van der Waals surface area contributed by atoms with Crippen LogP contribution < -0.4 is 23.8 Å². The molecule has 10 heteroatoms. The number of carbonyl (C=O) groups excluding carboxylic acids is 1. The third-order valence-electron chi connectivity index (χ3n) is 4.95. The topological polar surface area (TPSA) is 94.2 Å². The SMILES string of the molecule is COc1cc(CNC(=O)CN(c2ccc(F)cc2)S(=O)(=O)c2ccccc2)cc(OC)c1OC. The van der Waals surface area contributed by atoms with Crippen LogP contribution in [0.25, 0.3) is 0 Å². The van der Waals surface area contributed by atoms with Crippen molar-refractivity contribution in [3.63, 3.8) is 0 Å². The molecular formula is C24H25FN2O6S. The van der Waals surface area contributed by atoms with Crippen LogP contribution in [0.5, 0.6) is 17.2 Å². The molecule has 0 unspecified atom stereocenters. The van der Waals surface area contributed by atoms with Gasteiger partial charge in [-0.15, -0.1) is 0 Å². The van der Waals surface area contributed by atoms with E-state index in [4.69, 9.17) is 14.2 Å². The minimum atomic E-state index is -4.08. The highest BCUT2D eigenvalue weighted by atomic mass is 32.2. The van der Waals surface area contributed by atoms with Crippen LogP contribution in [-0.2, 0) is 21.4 Å². The second-order valence-electron chi connectivity index (χ2n) is 7.11. The van der Waals surface area contributed by atoms with E-state index in [9.17, 15) is 17.6 Å². The summed E-state index contributed by atoms with van der Waals surface area (Å²) in [5.74, 6) is 0.179. The van der Waals surface area contributed by atoms with E-state index in [1.807, 2.05) is 0 Å². The van der Waals surface area contributed by atoms with Gasteiger partial charge in [0.25, 0.3) is 10.0 Å². The molecule has 1 amide bonds. The van der Waals surface area contributed by atoms with Crippen molar-refractivity contribution in [1.29, 1.82) is 0 Å². The average molecular weight is 489 g/mol. The first-order valence-corrected chi connectivity index (χ1v) is 11.6. The zero-order valence-corrected chi connectivity index (χ0v) is 19.8. The molecule has 3 rings (SSSR count). The number of benzene rings is 3. The number of anilines is 1. The van der Waals surface area contributed by atoms with Crippen LogP contribution in [0, 0.1) is 5.82 Å². The zero-order valence-electron chi connectivity index (χ0n) is 18.9. The van der Waals surface area contributed by atoms with Crippen molar-refractivity contribution in [2.24, 2.45) is 0 Å². The van der Waals surface area contributed by atoms with Crippen LogP contribution in [0.1, 0.15) is 5.56 Å². The maximum atomic E-state index is 13.4. The van der Waals surface area contributed by atoms with Gasteiger partial charge in [-0.05, 0) is 54.1 Å². The minimum Gasteiger partial charge on any atom is -0.493 e. The fraction of sp³-hybridized carbons (Fsp3) is 0.208. The molecule has 0 fully saturated rings. The van der Waals surface area contributed by atoms with Crippen molar-refractivity contribution < 1.29 is 31.8 Å². The van der Waals surface area contributed by atoms with E-state index in [1.54, 1.807) is 30.3 Å². The second-order valence-corrected chi connectivity index (χ2v) is 8.97. The molecule has 0 aliphatic heterocycles. The molecule has 0 aliphatic rings. The van der Waals surface area contributed by atoms with Gasteiger partial charge in [0.1, 0.15) is 12.4 Å². The Labute approximate surface area is 197 Å². The van der Waals surface area contributed by atoms with E-state index in [0.29, 0.717) is 22.8 Å².